The summed E-state index contributed by atoms with van der Waals surface area (Å²) in [6.07, 6.45) is 3.65. The summed E-state index contributed by atoms with van der Waals surface area (Å²) in [7, 11) is -1.65. The van der Waals surface area contributed by atoms with Crippen LogP contribution in [0.5, 0.6) is 0 Å². The van der Waals surface area contributed by atoms with E-state index in [0.717, 1.165) is 13.0 Å². The van der Waals surface area contributed by atoms with E-state index in [4.69, 9.17) is 0 Å². The lowest BCUT2D eigenvalue weighted by molar-refractivity contribution is 0.439. The van der Waals surface area contributed by atoms with Gasteiger partial charge in [-0.05, 0) is 27.3 Å². The van der Waals surface area contributed by atoms with Gasteiger partial charge in [0.1, 0.15) is 4.90 Å². The van der Waals surface area contributed by atoms with Crippen molar-refractivity contribution in [3.05, 3.63) is 12.4 Å². The van der Waals surface area contributed by atoms with Crippen LogP contribution in [0.25, 0.3) is 0 Å². The average molecular weight is 274 g/mol. The van der Waals surface area contributed by atoms with Gasteiger partial charge in [0, 0.05) is 18.3 Å². The normalized spacial score (nSPS) is 12.9. The molecule has 1 rings (SSSR count). The van der Waals surface area contributed by atoms with Crippen LogP contribution in [0.15, 0.2) is 17.3 Å². The number of aromatic nitrogens is 2. The molecule has 0 unspecified atom stereocenters. The van der Waals surface area contributed by atoms with E-state index in [0.29, 0.717) is 6.54 Å². The van der Waals surface area contributed by atoms with Crippen molar-refractivity contribution in [2.75, 3.05) is 13.6 Å². The summed E-state index contributed by atoms with van der Waals surface area (Å²) in [5.41, 5.74) is -0.452. The molecular weight excluding hydrogens is 252 g/mol. The number of hydrogen-bond acceptors (Lipinski definition) is 4. The Morgan fingerprint density at radius 1 is 1.44 bits per heavy atom. The minimum absolute atomic E-state index is 0.208. The largest absolute Gasteiger partial charge is 0.318 e. The van der Waals surface area contributed by atoms with E-state index < -0.39 is 15.6 Å². The molecule has 0 aliphatic carbocycles. The summed E-state index contributed by atoms with van der Waals surface area (Å²) in [5, 5.41) is 7.02. The third-order valence-corrected chi connectivity index (χ3v) is 4.46. The van der Waals surface area contributed by atoms with Gasteiger partial charge in [-0.2, -0.15) is 5.10 Å². The zero-order valence-electron chi connectivity index (χ0n) is 11.4. The number of likely N-dealkylation sites (N-methyl/N-ethyl adjacent to an activating group) is 1. The lowest BCUT2D eigenvalue weighted by Gasteiger charge is -2.23. The molecule has 7 heteroatoms. The van der Waals surface area contributed by atoms with Gasteiger partial charge >= 0.3 is 0 Å². The standard InChI is InChI=1S/C11H22N4O2S/c1-5-11(2,3)14-18(16,17)10-8-13-15(9-10)7-6-12-4/h8-9,12,14H,5-7H2,1-4H3. The van der Waals surface area contributed by atoms with Crippen LogP contribution >= 0.6 is 0 Å². The van der Waals surface area contributed by atoms with Crippen LogP contribution in [-0.4, -0.2) is 37.3 Å². The van der Waals surface area contributed by atoms with Crippen molar-refractivity contribution in [3.63, 3.8) is 0 Å². The van der Waals surface area contributed by atoms with Crippen molar-refractivity contribution in [2.45, 2.75) is 44.2 Å². The maximum atomic E-state index is 12.1. The van der Waals surface area contributed by atoms with E-state index in [1.165, 1.54) is 6.20 Å². The molecule has 6 nitrogen and oxygen atoms in total. The smallest absolute Gasteiger partial charge is 0.244 e. The van der Waals surface area contributed by atoms with Crippen molar-refractivity contribution in [3.8, 4) is 0 Å². The summed E-state index contributed by atoms with van der Waals surface area (Å²) in [5.74, 6) is 0. The number of nitrogens with zero attached hydrogens (tertiary/aromatic N) is 2. The van der Waals surface area contributed by atoms with Gasteiger partial charge in [-0.3, -0.25) is 4.68 Å². The predicted molar refractivity (Wildman–Crippen MR) is 70.8 cm³/mol. The minimum Gasteiger partial charge on any atom is -0.318 e. The maximum absolute atomic E-state index is 12.1. The highest BCUT2D eigenvalue weighted by molar-refractivity contribution is 7.89. The van der Waals surface area contributed by atoms with Gasteiger partial charge in [-0.1, -0.05) is 6.92 Å². The molecule has 0 saturated carbocycles. The van der Waals surface area contributed by atoms with E-state index in [1.54, 1.807) is 10.9 Å². The summed E-state index contributed by atoms with van der Waals surface area (Å²) in [6.45, 7) is 7.04. The molecule has 0 aliphatic rings. The van der Waals surface area contributed by atoms with Crippen LogP contribution in [0.2, 0.25) is 0 Å². The Morgan fingerprint density at radius 3 is 2.67 bits per heavy atom. The Hall–Kier alpha value is -0.920. The Kier molecular flexibility index (Phi) is 4.89. The zero-order valence-corrected chi connectivity index (χ0v) is 12.2. The van der Waals surface area contributed by atoms with Crippen LogP contribution in [0.3, 0.4) is 0 Å². The SMILES string of the molecule is CCC(C)(C)NS(=O)(=O)c1cnn(CCNC)c1. The Bertz CT molecular complexity index is 479. The van der Waals surface area contributed by atoms with E-state index in [-0.39, 0.29) is 4.90 Å². The molecule has 1 heterocycles. The number of nitrogens with one attached hydrogen (secondary N) is 2. The second-order valence-corrected chi connectivity index (χ2v) is 6.57. The lowest BCUT2D eigenvalue weighted by atomic mass is 10.0. The molecule has 0 saturated heterocycles. The fourth-order valence-electron chi connectivity index (χ4n) is 1.33. The second kappa shape index (κ2) is 5.81. The average Bonchev–Trinajstić information content (AvgIpc) is 2.74. The van der Waals surface area contributed by atoms with Gasteiger partial charge < -0.3 is 5.32 Å². The molecule has 2 N–H and O–H groups in total. The Labute approximate surface area is 109 Å². The first kappa shape index (κ1) is 15.1. The minimum atomic E-state index is -3.49. The summed E-state index contributed by atoms with van der Waals surface area (Å²) in [6, 6.07) is 0. The quantitative estimate of drug-likeness (QED) is 0.762. The van der Waals surface area contributed by atoms with Crippen molar-refractivity contribution in [1.29, 1.82) is 0 Å². The Morgan fingerprint density at radius 2 is 2.11 bits per heavy atom. The topological polar surface area (TPSA) is 76.0 Å². The molecule has 0 atom stereocenters. The molecule has 0 fully saturated rings. The second-order valence-electron chi connectivity index (χ2n) is 4.89. The fraction of sp³-hybridized carbons (Fsp3) is 0.727. The highest BCUT2D eigenvalue weighted by Crippen LogP contribution is 2.14. The van der Waals surface area contributed by atoms with Crippen molar-refractivity contribution < 1.29 is 8.42 Å². The number of rotatable bonds is 7. The summed E-state index contributed by atoms with van der Waals surface area (Å²) < 4.78 is 28.5. The monoisotopic (exact) mass is 274 g/mol. The zero-order chi connectivity index (χ0) is 13.8. The van der Waals surface area contributed by atoms with Gasteiger partial charge in [0.05, 0.1) is 12.7 Å². The molecule has 0 aromatic carbocycles. The predicted octanol–water partition coefficient (Wildman–Crippen LogP) is 0.569. The first-order valence-electron chi connectivity index (χ1n) is 6.02. The number of hydrogen-bond donors (Lipinski definition) is 2. The third kappa shape index (κ3) is 4.08. The molecule has 0 spiro atoms. The van der Waals surface area contributed by atoms with E-state index in [2.05, 4.69) is 15.1 Å². The molecule has 1 aromatic heterocycles. The molecule has 0 aliphatic heterocycles. The van der Waals surface area contributed by atoms with Gasteiger partial charge in [0.2, 0.25) is 10.0 Å². The molecule has 0 amide bonds. The molecule has 104 valence electrons. The van der Waals surface area contributed by atoms with Crippen LogP contribution in [0.4, 0.5) is 0 Å². The van der Waals surface area contributed by atoms with E-state index >= 15 is 0 Å². The van der Waals surface area contributed by atoms with Crippen LogP contribution < -0.4 is 10.0 Å². The van der Waals surface area contributed by atoms with Crippen molar-refractivity contribution >= 4 is 10.0 Å². The molecular formula is C11H22N4O2S. The summed E-state index contributed by atoms with van der Waals surface area (Å²) in [4.78, 5) is 0.208. The number of sulfonamides is 1. The van der Waals surface area contributed by atoms with Crippen LogP contribution in [-0.2, 0) is 16.6 Å². The molecule has 1 aromatic rings. The summed E-state index contributed by atoms with van der Waals surface area (Å²) >= 11 is 0. The van der Waals surface area contributed by atoms with E-state index in [9.17, 15) is 8.42 Å². The highest BCUT2D eigenvalue weighted by Gasteiger charge is 2.25. The van der Waals surface area contributed by atoms with Crippen molar-refractivity contribution in [1.82, 2.24) is 19.8 Å². The fourth-order valence-corrected chi connectivity index (χ4v) is 2.76. The van der Waals surface area contributed by atoms with Gasteiger partial charge in [0.25, 0.3) is 0 Å². The molecule has 0 radical (unpaired) electrons. The van der Waals surface area contributed by atoms with Gasteiger partial charge in [-0.25, -0.2) is 13.1 Å². The van der Waals surface area contributed by atoms with Gasteiger partial charge in [0.15, 0.2) is 0 Å². The third-order valence-electron chi connectivity index (χ3n) is 2.81. The van der Waals surface area contributed by atoms with Gasteiger partial charge in [-0.15, -0.1) is 0 Å². The molecule has 18 heavy (non-hydrogen) atoms. The molecule has 0 bridgehead atoms. The maximum Gasteiger partial charge on any atom is 0.244 e. The Balaban J connectivity index is 2.82. The van der Waals surface area contributed by atoms with Crippen LogP contribution in [0.1, 0.15) is 27.2 Å². The highest BCUT2D eigenvalue weighted by atomic mass is 32.2. The lowest BCUT2D eigenvalue weighted by Crippen LogP contribution is -2.42. The first-order chi connectivity index (χ1) is 8.30. The van der Waals surface area contributed by atoms with E-state index in [1.807, 2.05) is 27.8 Å². The van der Waals surface area contributed by atoms with Crippen LogP contribution in [0, 0.1) is 0 Å². The first-order valence-corrected chi connectivity index (χ1v) is 7.50. The van der Waals surface area contributed by atoms with Crippen molar-refractivity contribution in [2.24, 2.45) is 0 Å².